The van der Waals surface area contributed by atoms with Crippen LogP contribution in [-0.4, -0.2) is 15.8 Å². The fraction of sp³-hybridized carbons (Fsp3) is 0.375. The standard InChI is InChI=1S/C16H16ClN3O2.ClH/c1-8-13-15(19-22-8)14-11(17)3-2-4-12(14)20(16(13)21)10-6-5-9(18)7-10;/h2-4,9-10H,5-7,18H2,1H3;1H. The number of nitrogens with two attached hydrogens (primary N) is 1. The molecular weight excluding hydrogens is 337 g/mol. The first-order chi connectivity index (χ1) is 10.6. The maximum atomic E-state index is 13.0. The number of pyridine rings is 1. The molecule has 0 spiro atoms. The van der Waals surface area contributed by atoms with Crippen LogP contribution in [0.15, 0.2) is 27.5 Å². The largest absolute Gasteiger partial charge is 0.360 e. The van der Waals surface area contributed by atoms with Gasteiger partial charge >= 0.3 is 0 Å². The lowest BCUT2D eigenvalue weighted by Crippen LogP contribution is -2.25. The van der Waals surface area contributed by atoms with Crippen molar-refractivity contribution in [3.05, 3.63) is 39.3 Å². The summed E-state index contributed by atoms with van der Waals surface area (Å²) < 4.78 is 7.08. The highest BCUT2D eigenvalue weighted by Crippen LogP contribution is 2.35. The minimum Gasteiger partial charge on any atom is -0.360 e. The lowest BCUT2D eigenvalue weighted by atomic mass is 10.1. The number of fused-ring (bicyclic) bond motifs is 3. The molecule has 122 valence electrons. The van der Waals surface area contributed by atoms with E-state index < -0.39 is 0 Å². The zero-order valence-corrected chi connectivity index (χ0v) is 14.2. The number of hydrogen-bond acceptors (Lipinski definition) is 4. The molecule has 0 aliphatic heterocycles. The molecule has 2 unspecified atom stereocenters. The van der Waals surface area contributed by atoms with Gasteiger partial charge in [-0.05, 0) is 38.3 Å². The maximum Gasteiger partial charge on any atom is 0.264 e. The molecule has 23 heavy (non-hydrogen) atoms. The van der Waals surface area contributed by atoms with Gasteiger partial charge < -0.3 is 14.8 Å². The molecule has 0 bridgehead atoms. The van der Waals surface area contributed by atoms with Crippen LogP contribution in [0.25, 0.3) is 21.8 Å². The third kappa shape index (κ3) is 2.35. The molecule has 0 amide bonds. The van der Waals surface area contributed by atoms with E-state index in [1.807, 2.05) is 22.8 Å². The Labute approximate surface area is 143 Å². The minimum absolute atomic E-state index is 0. The molecule has 1 aromatic carbocycles. The number of hydrogen-bond donors (Lipinski definition) is 1. The summed E-state index contributed by atoms with van der Waals surface area (Å²) in [5.74, 6) is 0.526. The topological polar surface area (TPSA) is 74.0 Å². The maximum absolute atomic E-state index is 13.0. The molecular formula is C16H17Cl2N3O2. The molecule has 1 saturated carbocycles. The molecule has 2 atom stereocenters. The number of rotatable bonds is 1. The molecule has 1 aliphatic rings. The number of benzene rings is 1. The van der Waals surface area contributed by atoms with Gasteiger partial charge in [-0.1, -0.05) is 22.8 Å². The normalized spacial score (nSPS) is 21.0. The molecule has 1 aliphatic carbocycles. The molecule has 2 N–H and O–H groups in total. The molecule has 5 nitrogen and oxygen atoms in total. The van der Waals surface area contributed by atoms with Crippen LogP contribution in [0.2, 0.25) is 5.02 Å². The van der Waals surface area contributed by atoms with Crippen LogP contribution in [0.4, 0.5) is 0 Å². The lowest BCUT2D eigenvalue weighted by Gasteiger charge is -2.18. The van der Waals surface area contributed by atoms with Gasteiger partial charge in [-0.3, -0.25) is 4.79 Å². The highest BCUT2D eigenvalue weighted by atomic mass is 35.5. The molecule has 4 rings (SSSR count). The summed E-state index contributed by atoms with van der Waals surface area (Å²) in [5.41, 5.74) is 7.32. The number of nitrogens with zero attached hydrogens (tertiary/aromatic N) is 2. The lowest BCUT2D eigenvalue weighted by molar-refractivity contribution is 0.406. The van der Waals surface area contributed by atoms with Crippen molar-refractivity contribution < 1.29 is 4.52 Å². The first-order valence-electron chi connectivity index (χ1n) is 7.42. The van der Waals surface area contributed by atoms with E-state index in [0.29, 0.717) is 21.7 Å². The fourth-order valence-electron chi connectivity index (χ4n) is 3.56. The van der Waals surface area contributed by atoms with Crippen molar-refractivity contribution in [2.24, 2.45) is 5.73 Å². The molecule has 7 heteroatoms. The van der Waals surface area contributed by atoms with Crippen LogP contribution in [-0.2, 0) is 0 Å². The van der Waals surface area contributed by atoms with Crippen molar-refractivity contribution in [2.75, 3.05) is 0 Å². The van der Waals surface area contributed by atoms with Gasteiger partial charge in [0.25, 0.3) is 5.56 Å². The van der Waals surface area contributed by atoms with Gasteiger partial charge in [0, 0.05) is 17.5 Å². The molecule has 2 aromatic heterocycles. The van der Waals surface area contributed by atoms with E-state index in [0.717, 1.165) is 30.2 Å². The van der Waals surface area contributed by atoms with E-state index in [1.165, 1.54) is 0 Å². The zero-order valence-electron chi connectivity index (χ0n) is 12.6. The average molecular weight is 354 g/mol. The van der Waals surface area contributed by atoms with Crippen LogP contribution in [0.5, 0.6) is 0 Å². The van der Waals surface area contributed by atoms with Gasteiger partial charge in [-0.25, -0.2) is 0 Å². The van der Waals surface area contributed by atoms with Crippen molar-refractivity contribution >= 4 is 45.8 Å². The Morgan fingerprint density at radius 2 is 2.13 bits per heavy atom. The van der Waals surface area contributed by atoms with Gasteiger partial charge in [0.05, 0.1) is 10.5 Å². The van der Waals surface area contributed by atoms with E-state index in [4.69, 9.17) is 21.9 Å². The number of aromatic nitrogens is 2. The Hall–Kier alpha value is -1.56. The van der Waals surface area contributed by atoms with Crippen LogP contribution in [0.1, 0.15) is 31.1 Å². The molecule has 2 heterocycles. The predicted molar refractivity (Wildman–Crippen MR) is 93.6 cm³/mol. The summed E-state index contributed by atoms with van der Waals surface area (Å²) >= 11 is 6.38. The van der Waals surface area contributed by atoms with E-state index in [2.05, 4.69) is 5.16 Å². The Morgan fingerprint density at radius 1 is 1.35 bits per heavy atom. The Kier molecular flexibility index (Phi) is 4.12. The Balaban J connectivity index is 0.00000156. The van der Waals surface area contributed by atoms with Crippen LogP contribution in [0.3, 0.4) is 0 Å². The SMILES string of the molecule is Cc1onc2c1c(=O)n(C1CCC(N)C1)c1cccc(Cl)c21.Cl. The quantitative estimate of drug-likeness (QED) is 0.725. The third-order valence-electron chi connectivity index (χ3n) is 4.59. The van der Waals surface area contributed by atoms with E-state index in [-0.39, 0.29) is 30.0 Å². The third-order valence-corrected chi connectivity index (χ3v) is 4.91. The highest BCUT2D eigenvalue weighted by Gasteiger charge is 2.28. The summed E-state index contributed by atoms with van der Waals surface area (Å²) in [4.78, 5) is 13.0. The monoisotopic (exact) mass is 353 g/mol. The number of halogens is 2. The van der Waals surface area contributed by atoms with Gasteiger partial charge in [0.2, 0.25) is 0 Å². The molecule has 0 saturated heterocycles. The second-order valence-corrected chi connectivity index (χ2v) is 6.41. The zero-order chi connectivity index (χ0) is 15.4. The van der Waals surface area contributed by atoms with Crippen molar-refractivity contribution in [3.8, 4) is 0 Å². The molecule has 1 fully saturated rings. The smallest absolute Gasteiger partial charge is 0.264 e. The van der Waals surface area contributed by atoms with Gasteiger partial charge in [-0.2, -0.15) is 0 Å². The summed E-state index contributed by atoms with van der Waals surface area (Å²) in [6.45, 7) is 1.75. The van der Waals surface area contributed by atoms with Crippen molar-refractivity contribution in [3.63, 3.8) is 0 Å². The molecule has 0 radical (unpaired) electrons. The second kappa shape index (κ2) is 5.82. The summed E-state index contributed by atoms with van der Waals surface area (Å²) in [6.07, 6.45) is 2.63. The van der Waals surface area contributed by atoms with Crippen molar-refractivity contribution in [2.45, 2.75) is 38.3 Å². The van der Waals surface area contributed by atoms with Gasteiger partial charge in [0.1, 0.15) is 16.7 Å². The summed E-state index contributed by atoms with van der Waals surface area (Å²) in [5, 5.41) is 5.92. The van der Waals surface area contributed by atoms with Gasteiger partial charge in [0.15, 0.2) is 0 Å². The van der Waals surface area contributed by atoms with Crippen molar-refractivity contribution in [1.29, 1.82) is 0 Å². The van der Waals surface area contributed by atoms with Crippen LogP contribution >= 0.6 is 24.0 Å². The van der Waals surface area contributed by atoms with E-state index in [9.17, 15) is 4.79 Å². The minimum atomic E-state index is -0.0670. The van der Waals surface area contributed by atoms with Crippen LogP contribution in [0, 0.1) is 6.92 Å². The first-order valence-corrected chi connectivity index (χ1v) is 7.80. The Morgan fingerprint density at radius 3 is 2.83 bits per heavy atom. The average Bonchev–Trinajstić information content (AvgIpc) is 3.06. The van der Waals surface area contributed by atoms with Crippen molar-refractivity contribution in [1.82, 2.24) is 9.72 Å². The number of aryl methyl sites for hydroxylation is 1. The predicted octanol–water partition coefficient (Wildman–Crippen LogP) is 3.58. The second-order valence-electron chi connectivity index (χ2n) is 6.00. The summed E-state index contributed by atoms with van der Waals surface area (Å²) in [6, 6.07) is 5.82. The van der Waals surface area contributed by atoms with E-state index in [1.54, 1.807) is 6.92 Å². The highest BCUT2D eigenvalue weighted by molar-refractivity contribution is 6.37. The fourth-order valence-corrected chi connectivity index (χ4v) is 3.82. The van der Waals surface area contributed by atoms with Crippen LogP contribution < -0.4 is 11.3 Å². The van der Waals surface area contributed by atoms with Gasteiger partial charge in [-0.15, -0.1) is 12.4 Å². The molecule has 3 aromatic rings. The van der Waals surface area contributed by atoms with E-state index >= 15 is 0 Å². The first kappa shape index (κ1) is 16.3. The Bertz CT molecular complexity index is 948. The summed E-state index contributed by atoms with van der Waals surface area (Å²) in [7, 11) is 0.